The quantitative estimate of drug-likeness (QED) is 0.161. The highest BCUT2D eigenvalue weighted by Gasteiger charge is 2.47. The van der Waals surface area contributed by atoms with Gasteiger partial charge in [0, 0.05) is 16.9 Å². The number of anilines is 3. The van der Waals surface area contributed by atoms with E-state index in [1.807, 2.05) is 0 Å². The molecule has 10 rings (SSSR count). The minimum atomic E-state index is -0.469. The second-order valence-electron chi connectivity index (χ2n) is 14.0. The zero-order chi connectivity index (χ0) is 35.9. The van der Waals surface area contributed by atoms with Gasteiger partial charge in [-0.3, -0.25) is 0 Å². The molecule has 0 spiro atoms. The molecule has 0 unspecified atom stereocenters. The lowest BCUT2D eigenvalue weighted by molar-refractivity contribution is 0.768. The van der Waals surface area contributed by atoms with Crippen molar-refractivity contribution < 1.29 is 0 Å². The van der Waals surface area contributed by atoms with E-state index in [2.05, 4.69) is 229 Å². The van der Waals surface area contributed by atoms with Crippen LogP contribution in [0.3, 0.4) is 0 Å². The summed E-state index contributed by atoms with van der Waals surface area (Å²) in [7, 11) is 0. The molecular weight excluding hydrogens is 651 g/mol. The van der Waals surface area contributed by atoms with Crippen LogP contribution in [-0.4, -0.2) is 0 Å². The summed E-state index contributed by atoms with van der Waals surface area (Å²) in [6.45, 7) is 0. The Kier molecular flexibility index (Phi) is 7.78. The van der Waals surface area contributed by atoms with Crippen LogP contribution in [0.25, 0.3) is 44.2 Å². The SMILES string of the molecule is c1ccc(-c2ccc(-c3ccc(N(c4ccccc4)c4cccc5c4-c4ccccc4C5(c4ccccc4)c4ccccc4)cc3)c3ccccc23)cc1. The molecule has 1 nitrogen and oxygen atoms in total. The second-order valence-corrected chi connectivity index (χ2v) is 14.0. The maximum absolute atomic E-state index is 2.43. The van der Waals surface area contributed by atoms with Crippen molar-refractivity contribution in [2.75, 3.05) is 4.90 Å². The number of fused-ring (bicyclic) bond motifs is 4. The van der Waals surface area contributed by atoms with Crippen LogP contribution < -0.4 is 4.90 Å². The second kappa shape index (κ2) is 13.2. The number of hydrogen-bond acceptors (Lipinski definition) is 1. The fourth-order valence-corrected chi connectivity index (χ4v) is 8.87. The summed E-state index contributed by atoms with van der Waals surface area (Å²) in [5, 5.41) is 2.51. The average molecular weight is 688 g/mol. The van der Waals surface area contributed by atoms with Crippen LogP contribution in [0.1, 0.15) is 22.3 Å². The molecule has 0 radical (unpaired) electrons. The van der Waals surface area contributed by atoms with Crippen LogP contribution in [0.4, 0.5) is 17.1 Å². The zero-order valence-electron chi connectivity index (χ0n) is 29.8. The maximum Gasteiger partial charge on any atom is 0.0714 e. The number of hydrogen-bond donors (Lipinski definition) is 0. The Morgan fingerprint density at radius 3 is 1.37 bits per heavy atom. The predicted molar refractivity (Wildman–Crippen MR) is 227 cm³/mol. The van der Waals surface area contributed by atoms with E-state index in [4.69, 9.17) is 0 Å². The zero-order valence-corrected chi connectivity index (χ0v) is 29.8. The van der Waals surface area contributed by atoms with Gasteiger partial charge in [0.15, 0.2) is 0 Å². The number of benzene rings is 9. The molecule has 0 saturated heterocycles. The van der Waals surface area contributed by atoms with Crippen molar-refractivity contribution in [1.82, 2.24) is 0 Å². The molecule has 1 aliphatic carbocycles. The molecule has 254 valence electrons. The molecule has 0 N–H and O–H groups in total. The molecule has 0 saturated carbocycles. The van der Waals surface area contributed by atoms with Crippen molar-refractivity contribution in [1.29, 1.82) is 0 Å². The molecule has 0 atom stereocenters. The Labute approximate surface area is 317 Å². The Hall–Kier alpha value is -6.96. The molecular formula is C53H37N. The molecule has 9 aromatic carbocycles. The summed E-state index contributed by atoms with van der Waals surface area (Å²) in [5.74, 6) is 0. The molecule has 0 aliphatic heterocycles. The lowest BCUT2D eigenvalue weighted by atomic mass is 9.68. The first-order chi connectivity index (χ1) is 26.8. The highest BCUT2D eigenvalue weighted by atomic mass is 15.1. The third-order valence-electron chi connectivity index (χ3n) is 11.2. The van der Waals surface area contributed by atoms with E-state index >= 15 is 0 Å². The number of rotatable bonds is 7. The van der Waals surface area contributed by atoms with Crippen LogP contribution in [0.5, 0.6) is 0 Å². The Bertz CT molecular complexity index is 2700. The average Bonchev–Trinajstić information content (AvgIpc) is 3.57. The van der Waals surface area contributed by atoms with Gasteiger partial charge in [-0.05, 0) is 91.2 Å². The van der Waals surface area contributed by atoms with Gasteiger partial charge in [0.2, 0.25) is 0 Å². The van der Waals surface area contributed by atoms with Crippen molar-refractivity contribution in [3.63, 3.8) is 0 Å². The van der Waals surface area contributed by atoms with Gasteiger partial charge < -0.3 is 4.90 Å². The molecule has 9 aromatic rings. The third kappa shape index (κ3) is 5.01. The molecule has 1 heteroatoms. The largest absolute Gasteiger partial charge is 0.310 e. The van der Waals surface area contributed by atoms with Crippen LogP contribution >= 0.6 is 0 Å². The summed E-state index contributed by atoms with van der Waals surface area (Å²) in [5.41, 5.74) is 15.5. The van der Waals surface area contributed by atoms with Gasteiger partial charge in [0.1, 0.15) is 0 Å². The van der Waals surface area contributed by atoms with E-state index in [-0.39, 0.29) is 0 Å². The minimum absolute atomic E-state index is 0.469. The van der Waals surface area contributed by atoms with Crippen molar-refractivity contribution >= 4 is 27.8 Å². The first-order valence-electron chi connectivity index (χ1n) is 18.7. The molecule has 0 bridgehead atoms. The van der Waals surface area contributed by atoms with E-state index < -0.39 is 5.41 Å². The Balaban J connectivity index is 1.16. The molecule has 0 amide bonds. The van der Waals surface area contributed by atoms with E-state index in [1.54, 1.807) is 0 Å². The monoisotopic (exact) mass is 687 g/mol. The van der Waals surface area contributed by atoms with Gasteiger partial charge in [0.25, 0.3) is 0 Å². The van der Waals surface area contributed by atoms with Crippen LogP contribution in [0.15, 0.2) is 224 Å². The first-order valence-corrected chi connectivity index (χ1v) is 18.7. The van der Waals surface area contributed by atoms with Gasteiger partial charge in [-0.1, -0.05) is 194 Å². The summed E-state index contributed by atoms with van der Waals surface area (Å²) in [6, 6.07) is 81.8. The molecule has 0 fully saturated rings. The van der Waals surface area contributed by atoms with Crippen LogP contribution in [0, 0.1) is 0 Å². The topological polar surface area (TPSA) is 3.24 Å². The number of nitrogens with zero attached hydrogens (tertiary/aromatic N) is 1. The van der Waals surface area contributed by atoms with Gasteiger partial charge in [0.05, 0.1) is 11.1 Å². The summed E-state index contributed by atoms with van der Waals surface area (Å²) < 4.78 is 0. The lowest BCUT2D eigenvalue weighted by Crippen LogP contribution is -2.28. The third-order valence-corrected chi connectivity index (χ3v) is 11.2. The van der Waals surface area contributed by atoms with E-state index in [9.17, 15) is 0 Å². The van der Waals surface area contributed by atoms with Gasteiger partial charge in [-0.15, -0.1) is 0 Å². The summed E-state index contributed by atoms with van der Waals surface area (Å²) in [4.78, 5) is 2.43. The van der Waals surface area contributed by atoms with E-state index in [0.717, 1.165) is 17.1 Å². The standard InChI is InChI=1S/C53H37N/c1-5-18-38(19-6-1)44-36-37-45(47-27-14-13-26-46(44)47)39-32-34-43(35-33-39)54(42-24-11-4-12-25-42)51-31-17-30-50-52(51)48-28-15-16-29-49(48)53(50,40-20-7-2-8-21-40)41-22-9-3-10-23-41/h1-37H. The molecule has 1 aliphatic rings. The van der Waals surface area contributed by atoms with E-state index in [1.165, 1.54) is 66.4 Å². The fraction of sp³-hybridized carbons (Fsp3) is 0.0189. The van der Waals surface area contributed by atoms with Crippen molar-refractivity contribution in [2.24, 2.45) is 0 Å². The van der Waals surface area contributed by atoms with Crippen LogP contribution in [0.2, 0.25) is 0 Å². The van der Waals surface area contributed by atoms with Crippen molar-refractivity contribution in [3.05, 3.63) is 247 Å². The highest BCUT2D eigenvalue weighted by molar-refractivity contribution is 6.05. The van der Waals surface area contributed by atoms with Gasteiger partial charge in [-0.25, -0.2) is 0 Å². The van der Waals surface area contributed by atoms with Gasteiger partial charge >= 0.3 is 0 Å². The Morgan fingerprint density at radius 2 is 0.759 bits per heavy atom. The lowest BCUT2D eigenvalue weighted by Gasteiger charge is -2.34. The van der Waals surface area contributed by atoms with Crippen molar-refractivity contribution in [2.45, 2.75) is 5.41 Å². The molecule has 0 heterocycles. The smallest absolute Gasteiger partial charge is 0.0714 e. The highest BCUT2D eigenvalue weighted by Crippen LogP contribution is 2.59. The molecule has 54 heavy (non-hydrogen) atoms. The van der Waals surface area contributed by atoms with E-state index in [0.29, 0.717) is 0 Å². The summed E-state index contributed by atoms with van der Waals surface area (Å²) >= 11 is 0. The first kappa shape index (κ1) is 31.7. The maximum atomic E-state index is 2.43. The molecule has 0 aromatic heterocycles. The normalized spacial score (nSPS) is 12.6. The number of para-hydroxylation sites is 1. The fourth-order valence-electron chi connectivity index (χ4n) is 8.87. The Morgan fingerprint density at radius 1 is 0.296 bits per heavy atom. The van der Waals surface area contributed by atoms with Crippen molar-refractivity contribution in [3.8, 4) is 33.4 Å². The van der Waals surface area contributed by atoms with Crippen LogP contribution in [-0.2, 0) is 5.41 Å². The summed E-state index contributed by atoms with van der Waals surface area (Å²) in [6.07, 6.45) is 0. The minimum Gasteiger partial charge on any atom is -0.310 e. The van der Waals surface area contributed by atoms with Gasteiger partial charge in [-0.2, -0.15) is 0 Å². The predicted octanol–water partition coefficient (Wildman–Crippen LogP) is 14.0.